The van der Waals surface area contributed by atoms with Gasteiger partial charge in [0.05, 0.1) is 0 Å². The van der Waals surface area contributed by atoms with Gasteiger partial charge in [-0.25, -0.2) is 8.42 Å². The second-order valence-electron chi connectivity index (χ2n) is 7.63. The van der Waals surface area contributed by atoms with Gasteiger partial charge in [0.15, 0.2) is 0 Å². The van der Waals surface area contributed by atoms with Crippen LogP contribution >= 0.6 is 0 Å². The Kier molecular flexibility index (Phi) is 5.25. The van der Waals surface area contributed by atoms with Crippen molar-refractivity contribution in [3.8, 4) is 0 Å². The summed E-state index contributed by atoms with van der Waals surface area (Å²) in [6, 6.07) is 1.67. The fraction of sp³-hybridized carbons (Fsp3) is 0.722. The maximum atomic E-state index is 12.7. The smallest absolute Gasteiger partial charge is 0.268 e. The molecule has 3 atom stereocenters. The molecule has 1 aliphatic heterocycles. The normalized spacial score (nSPS) is 28.2. The van der Waals surface area contributed by atoms with Crippen molar-refractivity contribution >= 4 is 15.9 Å². The predicted octanol–water partition coefficient (Wildman–Crippen LogP) is 2.36. The molecule has 3 rings (SSSR count). The van der Waals surface area contributed by atoms with E-state index in [2.05, 4.69) is 19.2 Å². The summed E-state index contributed by atoms with van der Waals surface area (Å²) in [5, 5.41) is 3.12. The van der Waals surface area contributed by atoms with Gasteiger partial charge >= 0.3 is 0 Å². The monoisotopic (exact) mass is 367 g/mol. The third-order valence-electron chi connectivity index (χ3n) is 5.94. The molecule has 2 fully saturated rings. The summed E-state index contributed by atoms with van der Waals surface area (Å²) in [7, 11) is -1.77. The highest BCUT2D eigenvalue weighted by Gasteiger charge is 2.31. The Morgan fingerprint density at radius 2 is 1.84 bits per heavy atom. The van der Waals surface area contributed by atoms with E-state index in [1.165, 1.54) is 16.8 Å². The second-order valence-corrected chi connectivity index (χ2v) is 9.57. The molecule has 7 heteroatoms. The van der Waals surface area contributed by atoms with E-state index >= 15 is 0 Å². The number of nitrogens with zero attached hydrogens (tertiary/aromatic N) is 2. The second kappa shape index (κ2) is 7.11. The summed E-state index contributed by atoms with van der Waals surface area (Å²) in [6.45, 7) is 5.54. The molecule has 1 saturated carbocycles. The summed E-state index contributed by atoms with van der Waals surface area (Å²) in [5.41, 5.74) is 0.406. The predicted molar refractivity (Wildman–Crippen MR) is 96.8 cm³/mol. The summed E-state index contributed by atoms with van der Waals surface area (Å²) >= 11 is 0. The van der Waals surface area contributed by atoms with Crippen molar-refractivity contribution in [3.05, 3.63) is 18.0 Å². The molecule has 1 aromatic rings. The van der Waals surface area contributed by atoms with Gasteiger partial charge < -0.3 is 9.88 Å². The average Bonchev–Trinajstić information content (AvgIpc) is 3.21. The summed E-state index contributed by atoms with van der Waals surface area (Å²) < 4.78 is 28.5. The number of hydrogen-bond acceptors (Lipinski definition) is 3. The van der Waals surface area contributed by atoms with Crippen molar-refractivity contribution in [2.24, 2.45) is 18.9 Å². The molecule has 1 aliphatic carbocycles. The van der Waals surface area contributed by atoms with Crippen molar-refractivity contribution in [2.75, 3.05) is 13.1 Å². The van der Waals surface area contributed by atoms with Gasteiger partial charge in [-0.2, -0.15) is 4.31 Å². The first kappa shape index (κ1) is 18.5. The van der Waals surface area contributed by atoms with Gasteiger partial charge in [-0.3, -0.25) is 4.79 Å². The first-order valence-corrected chi connectivity index (χ1v) is 10.7. The number of hydrogen-bond donors (Lipinski definition) is 1. The molecular formula is C18H29N3O3S. The van der Waals surface area contributed by atoms with Crippen LogP contribution in [0.5, 0.6) is 0 Å². The number of carbonyl (C=O) groups excluding carboxylic acids is 1. The zero-order chi connectivity index (χ0) is 18.2. The van der Waals surface area contributed by atoms with Gasteiger partial charge in [0.1, 0.15) is 10.6 Å². The van der Waals surface area contributed by atoms with Crippen molar-refractivity contribution in [3.63, 3.8) is 0 Å². The molecule has 1 saturated heterocycles. The highest BCUT2D eigenvalue weighted by Crippen LogP contribution is 2.30. The third-order valence-corrected chi connectivity index (χ3v) is 7.80. The molecule has 2 aliphatic rings. The highest BCUT2D eigenvalue weighted by molar-refractivity contribution is 7.89. The number of amides is 1. The SMILES string of the molecule is C[C@@H]1[C@H](C)CCC[C@@H]1NC(=O)c1cc(S(=O)(=O)N2CCCC2)cn1C. The number of sulfonamides is 1. The van der Waals surface area contributed by atoms with E-state index in [-0.39, 0.29) is 16.8 Å². The molecule has 1 amide bonds. The third kappa shape index (κ3) is 3.62. The standard InChI is InChI=1S/C18H29N3O3S/c1-13-7-6-8-16(14(13)2)19-18(22)17-11-15(12-20(17)3)25(23,24)21-9-4-5-10-21/h11-14,16H,4-10H2,1-3H3,(H,19,22)/t13-,14-,16+/m1/s1. The van der Waals surface area contributed by atoms with Crippen LogP contribution in [0.25, 0.3) is 0 Å². The van der Waals surface area contributed by atoms with Gasteiger partial charge in [0, 0.05) is 32.4 Å². The van der Waals surface area contributed by atoms with E-state index in [1.807, 2.05) is 0 Å². The quantitative estimate of drug-likeness (QED) is 0.888. The average molecular weight is 368 g/mol. The molecule has 140 valence electrons. The first-order chi connectivity index (χ1) is 11.8. The van der Waals surface area contributed by atoms with E-state index in [0.717, 1.165) is 25.7 Å². The van der Waals surface area contributed by atoms with Crippen LogP contribution in [-0.4, -0.2) is 42.3 Å². The first-order valence-electron chi connectivity index (χ1n) is 9.28. The summed E-state index contributed by atoms with van der Waals surface area (Å²) in [4.78, 5) is 12.9. The number of carbonyl (C=O) groups is 1. The molecule has 1 aromatic heterocycles. The maximum Gasteiger partial charge on any atom is 0.268 e. The Morgan fingerprint density at radius 1 is 1.16 bits per heavy atom. The molecule has 0 spiro atoms. The zero-order valence-electron chi connectivity index (χ0n) is 15.4. The van der Waals surface area contributed by atoms with E-state index in [4.69, 9.17) is 0 Å². The van der Waals surface area contributed by atoms with Gasteiger partial charge in [-0.05, 0) is 37.2 Å². The van der Waals surface area contributed by atoms with Gasteiger partial charge in [-0.15, -0.1) is 0 Å². The van der Waals surface area contributed by atoms with Crippen LogP contribution in [-0.2, 0) is 17.1 Å². The number of aryl methyl sites for hydroxylation is 1. The van der Waals surface area contributed by atoms with Gasteiger partial charge in [0.2, 0.25) is 10.0 Å². The Bertz CT molecular complexity index is 735. The Morgan fingerprint density at radius 3 is 2.52 bits per heavy atom. The largest absolute Gasteiger partial charge is 0.348 e. The van der Waals surface area contributed by atoms with Crippen LogP contribution in [0, 0.1) is 11.8 Å². The minimum atomic E-state index is -3.49. The molecule has 0 unspecified atom stereocenters. The lowest BCUT2D eigenvalue weighted by atomic mass is 9.78. The van der Waals surface area contributed by atoms with E-state index in [1.54, 1.807) is 17.8 Å². The molecule has 0 aromatic carbocycles. The Balaban J connectivity index is 1.77. The van der Waals surface area contributed by atoms with Crippen molar-refractivity contribution in [2.45, 2.75) is 56.9 Å². The van der Waals surface area contributed by atoms with Crippen molar-refractivity contribution < 1.29 is 13.2 Å². The Labute approximate surface area is 150 Å². The van der Waals surface area contributed by atoms with Crippen LogP contribution < -0.4 is 5.32 Å². The van der Waals surface area contributed by atoms with Gasteiger partial charge in [-0.1, -0.05) is 26.7 Å². The number of aromatic nitrogens is 1. The lowest BCUT2D eigenvalue weighted by molar-refractivity contribution is 0.0883. The lowest BCUT2D eigenvalue weighted by Crippen LogP contribution is -2.44. The summed E-state index contributed by atoms with van der Waals surface area (Å²) in [6.07, 6.45) is 6.67. The molecule has 25 heavy (non-hydrogen) atoms. The van der Waals surface area contributed by atoms with Crippen LogP contribution in [0.15, 0.2) is 17.2 Å². The van der Waals surface area contributed by atoms with Crippen LogP contribution in [0.3, 0.4) is 0 Å². The van der Waals surface area contributed by atoms with Crippen LogP contribution in [0.2, 0.25) is 0 Å². The molecule has 6 nitrogen and oxygen atoms in total. The highest BCUT2D eigenvalue weighted by atomic mass is 32.2. The van der Waals surface area contributed by atoms with E-state index in [0.29, 0.717) is 30.6 Å². The summed E-state index contributed by atoms with van der Waals surface area (Å²) in [5.74, 6) is 0.848. The van der Waals surface area contributed by atoms with Gasteiger partial charge in [0.25, 0.3) is 5.91 Å². The fourth-order valence-corrected chi connectivity index (χ4v) is 5.60. The fourth-order valence-electron chi connectivity index (χ4n) is 4.01. The maximum absolute atomic E-state index is 12.7. The van der Waals surface area contributed by atoms with Crippen molar-refractivity contribution in [1.29, 1.82) is 0 Å². The number of rotatable bonds is 4. The number of nitrogens with one attached hydrogen (secondary N) is 1. The van der Waals surface area contributed by atoms with E-state index in [9.17, 15) is 13.2 Å². The lowest BCUT2D eigenvalue weighted by Gasteiger charge is -2.34. The molecule has 0 bridgehead atoms. The zero-order valence-corrected chi connectivity index (χ0v) is 16.2. The minimum Gasteiger partial charge on any atom is -0.348 e. The minimum absolute atomic E-state index is 0.157. The molecule has 1 N–H and O–H groups in total. The molecule has 2 heterocycles. The molecule has 0 radical (unpaired) electrons. The van der Waals surface area contributed by atoms with E-state index < -0.39 is 10.0 Å². The molecular weight excluding hydrogens is 338 g/mol. The van der Waals surface area contributed by atoms with Crippen molar-refractivity contribution in [1.82, 2.24) is 14.2 Å². The topological polar surface area (TPSA) is 71.4 Å². The van der Waals surface area contributed by atoms with Crippen LogP contribution in [0.1, 0.15) is 56.4 Å². The Hall–Kier alpha value is -1.34. The van der Waals surface area contributed by atoms with Crippen LogP contribution in [0.4, 0.5) is 0 Å².